The van der Waals surface area contributed by atoms with Crippen LogP contribution in [0.3, 0.4) is 0 Å². The molecule has 0 radical (unpaired) electrons. The van der Waals surface area contributed by atoms with Crippen molar-refractivity contribution in [3.8, 4) is 0 Å². The molecule has 0 saturated carbocycles. The fourth-order valence-electron chi connectivity index (χ4n) is 1.37. The van der Waals surface area contributed by atoms with E-state index in [-0.39, 0.29) is 24.9 Å². The molecule has 0 saturated heterocycles. The van der Waals surface area contributed by atoms with Crippen LogP contribution in [-0.4, -0.2) is 43.4 Å². The van der Waals surface area contributed by atoms with Crippen molar-refractivity contribution >= 4 is 23.5 Å². The van der Waals surface area contributed by atoms with Gasteiger partial charge in [0.25, 0.3) is 5.91 Å². The zero-order valence-electron chi connectivity index (χ0n) is 10.7. The fourth-order valence-corrected chi connectivity index (χ4v) is 1.37. The highest BCUT2D eigenvalue weighted by Gasteiger charge is 2.11. The lowest BCUT2D eigenvalue weighted by molar-refractivity contribution is 0.0864. The number of nitrogens with one attached hydrogen (secondary N) is 1. The summed E-state index contributed by atoms with van der Waals surface area (Å²) in [6.45, 7) is 1.80. The lowest BCUT2D eigenvalue weighted by Gasteiger charge is -2.01. The van der Waals surface area contributed by atoms with E-state index in [4.69, 9.17) is 5.73 Å². The van der Waals surface area contributed by atoms with Crippen LogP contribution in [-0.2, 0) is 11.3 Å². The lowest BCUT2D eigenvalue weighted by atomic mass is 10.6. The van der Waals surface area contributed by atoms with E-state index in [2.05, 4.69) is 25.3 Å². The molecule has 0 atom stereocenters. The number of amides is 1. The Hall–Kier alpha value is -2.91. The maximum absolute atomic E-state index is 11.8. The third kappa shape index (κ3) is 3.31. The van der Waals surface area contributed by atoms with Crippen molar-refractivity contribution in [2.45, 2.75) is 13.5 Å². The van der Waals surface area contributed by atoms with Gasteiger partial charge in [-0.2, -0.15) is 15.0 Å². The van der Waals surface area contributed by atoms with Crippen LogP contribution in [0.1, 0.15) is 11.7 Å². The number of nitrogens with zero attached hydrogens (tertiary/aromatic N) is 5. The topological polar surface area (TPSA) is 130 Å². The number of nitrogens with two attached hydrogens (primary N) is 1. The number of hydrogen-bond donors (Lipinski definition) is 2. The van der Waals surface area contributed by atoms with E-state index in [1.165, 1.54) is 18.6 Å². The van der Waals surface area contributed by atoms with Crippen molar-refractivity contribution in [3.63, 3.8) is 0 Å². The first-order valence-corrected chi connectivity index (χ1v) is 5.75. The molecule has 2 heterocycles. The average molecular weight is 279 g/mol. The standard InChI is InChI=1S/C10H13N7O3/c1-2-20-10(19)14-8-4-13-17(15-8)6-9(18)16-5-7(11)3-12-16/h3-5H,2,6,11H2,1H3,(H,14,15,19). The lowest BCUT2D eigenvalue weighted by Crippen LogP contribution is -2.20. The maximum atomic E-state index is 11.8. The Morgan fingerprint density at radius 2 is 2.20 bits per heavy atom. The van der Waals surface area contributed by atoms with Gasteiger partial charge in [-0.15, -0.1) is 5.10 Å². The molecule has 2 rings (SSSR count). The highest BCUT2D eigenvalue weighted by molar-refractivity contribution is 5.83. The van der Waals surface area contributed by atoms with Crippen LogP contribution in [0.2, 0.25) is 0 Å². The molecular weight excluding hydrogens is 266 g/mol. The summed E-state index contributed by atoms with van der Waals surface area (Å²) in [5, 5.41) is 13.9. The van der Waals surface area contributed by atoms with Gasteiger partial charge >= 0.3 is 6.09 Å². The van der Waals surface area contributed by atoms with E-state index in [1.54, 1.807) is 6.92 Å². The number of carbonyl (C=O) groups excluding carboxylic acids is 2. The molecule has 0 aliphatic heterocycles. The molecule has 1 amide bonds. The van der Waals surface area contributed by atoms with Crippen molar-refractivity contribution in [1.82, 2.24) is 24.8 Å². The second-order valence-corrected chi connectivity index (χ2v) is 3.72. The molecule has 0 fully saturated rings. The van der Waals surface area contributed by atoms with Crippen molar-refractivity contribution in [2.75, 3.05) is 17.7 Å². The van der Waals surface area contributed by atoms with Gasteiger partial charge in [-0.3, -0.25) is 10.1 Å². The number of anilines is 2. The number of nitrogen functional groups attached to an aromatic ring is 1. The molecule has 0 unspecified atom stereocenters. The molecule has 20 heavy (non-hydrogen) atoms. The Balaban J connectivity index is 1.95. The van der Waals surface area contributed by atoms with Gasteiger partial charge in [-0.25, -0.2) is 9.48 Å². The Bertz CT molecular complexity index is 618. The van der Waals surface area contributed by atoms with Gasteiger partial charge in [-0.1, -0.05) is 0 Å². The minimum Gasteiger partial charge on any atom is -0.450 e. The molecule has 10 heteroatoms. The van der Waals surface area contributed by atoms with Gasteiger partial charge in [0.2, 0.25) is 0 Å². The summed E-state index contributed by atoms with van der Waals surface area (Å²) in [5.41, 5.74) is 5.85. The number of carbonyl (C=O) groups is 2. The number of ether oxygens (including phenoxy) is 1. The quantitative estimate of drug-likeness (QED) is 0.803. The van der Waals surface area contributed by atoms with Gasteiger partial charge in [0.15, 0.2) is 5.82 Å². The molecule has 2 aromatic heterocycles. The van der Waals surface area contributed by atoms with Crippen LogP contribution >= 0.6 is 0 Å². The van der Waals surface area contributed by atoms with Crippen molar-refractivity contribution in [3.05, 3.63) is 18.6 Å². The molecule has 0 bridgehead atoms. The first-order chi connectivity index (χ1) is 9.58. The molecule has 0 aliphatic rings. The third-order valence-corrected chi connectivity index (χ3v) is 2.18. The third-order valence-electron chi connectivity index (χ3n) is 2.18. The molecular formula is C10H13N7O3. The Labute approximate surface area is 113 Å². The maximum Gasteiger partial charge on any atom is 0.412 e. The number of aromatic nitrogens is 5. The van der Waals surface area contributed by atoms with E-state index in [0.29, 0.717) is 5.69 Å². The van der Waals surface area contributed by atoms with Gasteiger partial charge < -0.3 is 10.5 Å². The molecule has 2 aromatic rings. The van der Waals surface area contributed by atoms with Gasteiger partial charge in [0.05, 0.1) is 30.9 Å². The SMILES string of the molecule is CCOC(=O)Nc1cnn(CC(=O)n2cc(N)cn2)n1. The van der Waals surface area contributed by atoms with Crippen molar-refractivity contribution < 1.29 is 14.3 Å². The van der Waals surface area contributed by atoms with E-state index in [0.717, 1.165) is 9.48 Å². The molecule has 10 nitrogen and oxygen atoms in total. The Morgan fingerprint density at radius 3 is 2.85 bits per heavy atom. The summed E-state index contributed by atoms with van der Waals surface area (Å²) < 4.78 is 5.78. The van der Waals surface area contributed by atoms with Crippen molar-refractivity contribution in [2.24, 2.45) is 0 Å². The molecule has 106 valence electrons. The zero-order valence-corrected chi connectivity index (χ0v) is 10.7. The predicted molar refractivity (Wildman–Crippen MR) is 67.9 cm³/mol. The second kappa shape index (κ2) is 5.82. The van der Waals surface area contributed by atoms with Crippen LogP contribution in [0, 0.1) is 0 Å². The van der Waals surface area contributed by atoms with Gasteiger partial charge in [0.1, 0.15) is 6.54 Å². The van der Waals surface area contributed by atoms with E-state index in [1.807, 2.05) is 0 Å². The van der Waals surface area contributed by atoms with Crippen LogP contribution in [0.25, 0.3) is 0 Å². The monoisotopic (exact) mass is 279 g/mol. The predicted octanol–water partition coefficient (Wildman–Crippen LogP) is -0.0344. The van der Waals surface area contributed by atoms with Crippen LogP contribution in [0.5, 0.6) is 0 Å². The fraction of sp³-hybridized carbons (Fsp3) is 0.300. The summed E-state index contributed by atoms with van der Waals surface area (Å²) in [6.07, 6.45) is 3.43. The minimum absolute atomic E-state index is 0.133. The summed E-state index contributed by atoms with van der Waals surface area (Å²) in [6, 6.07) is 0. The number of rotatable bonds is 4. The first kappa shape index (κ1) is 13.5. The Morgan fingerprint density at radius 1 is 1.40 bits per heavy atom. The molecule has 0 spiro atoms. The molecule has 3 N–H and O–H groups in total. The van der Waals surface area contributed by atoms with Gasteiger partial charge in [-0.05, 0) is 6.92 Å². The summed E-state index contributed by atoms with van der Waals surface area (Å²) in [7, 11) is 0. The Kier molecular flexibility index (Phi) is 3.93. The van der Waals surface area contributed by atoms with Crippen molar-refractivity contribution in [1.29, 1.82) is 0 Å². The van der Waals surface area contributed by atoms with Crippen LogP contribution < -0.4 is 11.1 Å². The van der Waals surface area contributed by atoms with E-state index >= 15 is 0 Å². The minimum atomic E-state index is -0.634. The van der Waals surface area contributed by atoms with E-state index in [9.17, 15) is 9.59 Å². The largest absolute Gasteiger partial charge is 0.450 e. The summed E-state index contributed by atoms with van der Waals surface area (Å²) in [4.78, 5) is 24.1. The van der Waals surface area contributed by atoms with Crippen LogP contribution in [0.4, 0.5) is 16.3 Å². The van der Waals surface area contributed by atoms with E-state index < -0.39 is 6.09 Å². The first-order valence-electron chi connectivity index (χ1n) is 5.75. The van der Waals surface area contributed by atoms with Gasteiger partial charge in [0, 0.05) is 0 Å². The highest BCUT2D eigenvalue weighted by atomic mass is 16.5. The average Bonchev–Trinajstić information content (AvgIpc) is 2.99. The highest BCUT2D eigenvalue weighted by Crippen LogP contribution is 2.02. The molecule has 0 aromatic carbocycles. The molecule has 0 aliphatic carbocycles. The second-order valence-electron chi connectivity index (χ2n) is 3.72. The smallest absolute Gasteiger partial charge is 0.412 e. The normalized spacial score (nSPS) is 10.2. The van der Waals surface area contributed by atoms with Crippen LogP contribution in [0.15, 0.2) is 18.6 Å². The summed E-state index contributed by atoms with van der Waals surface area (Å²) in [5.74, 6) is -0.170. The summed E-state index contributed by atoms with van der Waals surface area (Å²) >= 11 is 0. The zero-order chi connectivity index (χ0) is 14.5. The number of hydrogen-bond acceptors (Lipinski definition) is 7.